The number of nitrogens with two attached hydrogens (primary N) is 1. The van der Waals surface area contributed by atoms with Crippen LogP contribution in [-0.4, -0.2) is 24.3 Å². The van der Waals surface area contributed by atoms with Crippen LogP contribution in [0.5, 0.6) is 0 Å². The number of para-hydroxylation sites is 1. The Morgan fingerprint density at radius 3 is 2.86 bits per heavy atom. The molecule has 76 valence electrons. The summed E-state index contributed by atoms with van der Waals surface area (Å²) >= 11 is 0. The molecule has 0 radical (unpaired) electrons. The molecule has 1 aromatic rings. The first kappa shape index (κ1) is 9.27. The number of rotatable bonds is 1. The summed E-state index contributed by atoms with van der Waals surface area (Å²) in [6, 6.07) is 4.64. The average Bonchev–Trinajstić information content (AvgIpc) is 2.51. The van der Waals surface area contributed by atoms with Gasteiger partial charge in [0.25, 0.3) is 0 Å². The van der Waals surface area contributed by atoms with Crippen LogP contribution >= 0.6 is 0 Å². The molecular formula is C10H13FN2O. The largest absolute Gasteiger partial charge is 0.397 e. The predicted molar refractivity (Wildman–Crippen MR) is 53.6 cm³/mol. The third kappa shape index (κ3) is 1.53. The molecule has 1 fully saturated rings. The Hall–Kier alpha value is -1.29. The molecule has 14 heavy (non-hydrogen) atoms. The van der Waals surface area contributed by atoms with Gasteiger partial charge in [0.15, 0.2) is 0 Å². The highest BCUT2D eigenvalue weighted by Gasteiger charge is 2.23. The summed E-state index contributed by atoms with van der Waals surface area (Å²) in [4.78, 5) is 1.79. The van der Waals surface area contributed by atoms with Crippen LogP contribution in [0.15, 0.2) is 18.2 Å². The second-order valence-corrected chi connectivity index (χ2v) is 3.57. The summed E-state index contributed by atoms with van der Waals surface area (Å²) < 4.78 is 13.4. The number of anilines is 2. The second kappa shape index (κ2) is 3.46. The quantitative estimate of drug-likeness (QED) is 0.658. The summed E-state index contributed by atoms with van der Waals surface area (Å²) in [7, 11) is 0. The lowest BCUT2D eigenvalue weighted by atomic mass is 10.2. The predicted octanol–water partition coefficient (Wildman–Crippen LogP) is 0.979. The van der Waals surface area contributed by atoms with Crippen LogP contribution in [0.1, 0.15) is 6.42 Å². The lowest BCUT2D eigenvalue weighted by Crippen LogP contribution is -2.23. The van der Waals surface area contributed by atoms with Crippen molar-refractivity contribution >= 4 is 11.4 Å². The molecule has 1 aromatic carbocycles. The summed E-state index contributed by atoms with van der Waals surface area (Å²) in [6.07, 6.45) is 0.308. The van der Waals surface area contributed by atoms with Gasteiger partial charge in [0, 0.05) is 13.1 Å². The number of hydrogen-bond donors (Lipinski definition) is 2. The van der Waals surface area contributed by atoms with E-state index in [1.165, 1.54) is 6.07 Å². The van der Waals surface area contributed by atoms with Crippen molar-refractivity contribution < 1.29 is 9.50 Å². The van der Waals surface area contributed by atoms with Crippen molar-refractivity contribution in [3.63, 3.8) is 0 Å². The number of β-amino-alcohol motifs (C(OH)–C–C–N with tert-alkyl or cyclic N) is 1. The molecule has 1 heterocycles. The molecule has 0 bridgehead atoms. The van der Waals surface area contributed by atoms with Gasteiger partial charge in [-0.15, -0.1) is 0 Å². The number of benzene rings is 1. The molecule has 1 aliphatic rings. The Balaban J connectivity index is 2.31. The Labute approximate surface area is 81.9 Å². The second-order valence-electron chi connectivity index (χ2n) is 3.57. The van der Waals surface area contributed by atoms with Gasteiger partial charge < -0.3 is 15.7 Å². The van der Waals surface area contributed by atoms with Crippen molar-refractivity contribution in [3.8, 4) is 0 Å². The lowest BCUT2D eigenvalue weighted by Gasteiger charge is -2.20. The molecule has 1 unspecified atom stereocenters. The molecular weight excluding hydrogens is 183 g/mol. The third-order valence-corrected chi connectivity index (χ3v) is 2.50. The molecule has 0 spiro atoms. The van der Waals surface area contributed by atoms with Gasteiger partial charge in [-0.3, -0.25) is 0 Å². The van der Waals surface area contributed by atoms with Gasteiger partial charge in [-0.05, 0) is 18.6 Å². The van der Waals surface area contributed by atoms with Crippen LogP contribution in [0.4, 0.5) is 15.8 Å². The fourth-order valence-electron chi connectivity index (χ4n) is 1.81. The van der Waals surface area contributed by atoms with Gasteiger partial charge >= 0.3 is 0 Å². The molecule has 3 nitrogen and oxygen atoms in total. The summed E-state index contributed by atoms with van der Waals surface area (Å²) in [5.74, 6) is -0.320. The summed E-state index contributed by atoms with van der Waals surface area (Å²) in [5, 5.41) is 9.34. The lowest BCUT2D eigenvalue weighted by molar-refractivity contribution is 0.198. The Bertz CT molecular complexity index is 323. The normalized spacial score (nSPS) is 21.6. The van der Waals surface area contributed by atoms with E-state index in [1.54, 1.807) is 17.0 Å². The minimum absolute atomic E-state index is 0.320. The van der Waals surface area contributed by atoms with Crippen LogP contribution in [0.3, 0.4) is 0 Å². The number of aliphatic hydroxyl groups excluding tert-OH is 1. The fraction of sp³-hybridized carbons (Fsp3) is 0.400. The third-order valence-electron chi connectivity index (χ3n) is 2.50. The van der Waals surface area contributed by atoms with Crippen molar-refractivity contribution in [2.24, 2.45) is 0 Å². The highest BCUT2D eigenvalue weighted by molar-refractivity contribution is 5.68. The maximum Gasteiger partial charge on any atom is 0.148 e. The van der Waals surface area contributed by atoms with Crippen molar-refractivity contribution in [3.05, 3.63) is 24.0 Å². The van der Waals surface area contributed by atoms with E-state index in [0.717, 1.165) is 0 Å². The molecule has 1 saturated heterocycles. The summed E-state index contributed by atoms with van der Waals surface area (Å²) in [5.41, 5.74) is 6.53. The maximum atomic E-state index is 13.4. The first-order valence-corrected chi connectivity index (χ1v) is 4.65. The average molecular weight is 196 g/mol. The number of halogens is 1. The Morgan fingerprint density at radius 2 is 2.29 bits per heavy atom. The van der Waals surface area contributed by atoms with Crippen LogP contribution in [0, 0.1) is 5.82 Å². The Morgan fingerprint density at radius 1 is 1.50 bits per heavy atom. The van der Waals surface area contributed by atoms with Gasteiger partial charge in [-0.25, -0.2) is 4.39 Å². The molecule has 1 atom stereocenters. The van der Waals surface area contributed by atoms with Crippen molar-refractivity contribution in [2.75, 3.05) is 23.7 Å². The minimum atomic E-state index is -0.367. The SMILES string of the molecule is Nc1cccc(F)c1N1CCC(O)C1. The van der Waals surface area contributed by atoms with Crippen molar-refractivity contribution in [1.29, 1.82) is 0 Å². The molecule has 0 saturated carbocycles. The molecule has 0 aliphatic carbocycles. The minimum Gasteiger partial charge on any atom is -0.397 e. The molecule has 0 aromatic heterocycles. The van der Waals surface area contributed by atoms with E-state index in [0.29, 0.717) is 30.9 Å². The molecule has 2 rings (SSSR count). The number of nitrogen functional groups attached to an aromatic ring is 1. The first-order chi connectivity index (χ1) is 6.68. The zero-order valence-corrected chi connectivity index (χ0v) is 7.78. The van der Waals surface area contributed by atoms with Gasteiger partial charge in [0.1, 0.15) is 5.82 Å². The van der Waals surface area contributed by atoms with E-state index in [-0.39, 0.29) is 11.9 Å². The standard InChI is InChI=1S/C10H13FN2O/c11-8-2-1-3-9(12)10(8)13-5-4-7(14)6-13/h1-3,7,14H,4-6,12H2. The maximum absolute atomic E-state index is 13.4. The van der Waals surface area contributed by atoms with Crippen LogP contribution < -0.4 is 10.6 Å². The smallest absolute Gasteiger partial charge is 0.148 e. The van der Waals surface area contributed by atoms with Crippen molar-refractivity contribution in [1.82, 2.24) is 0 Å². The molecule has 1 aliphatic heterocycles. The molecule has 4 heteroatoms. The van der Waals surface area contributed by atoms with Crippen LogP contribution in [0.25, 0.3) is 0 Å². The zero-order valence-electron chi connectivity index (χ0n) is 7.78. The van der Waals surface area contributed by atoms with Crippen molar-refractivity contribution in [2.45, 2.75) is 12.5 Å². The summed E-state index contributed by atoms with van der Waals surface area (Å²) in [6.45, 7) is 1.12. The molecule has 0 amide bonds. The molecule has 3 N–H and O–H groups in total. The van der Waals surface area contributed by atoms with Gasteiger partial charge in [0.05, 0.1) is 17.5 Å². The number of hydrogen-bond acceptors (Lipinski definition) is 3. The topological polar surface area (TPSA) is 49.5 Å². The van der Waals surface area contributed by atoms with E-state index >= 15 is 0 Å². The zero-order chi connectivity index (χ0) is 10.1. The monoisotopic (exact) mass is 196 g/mol. The van der Waals surface area contributed by atoms with Gasteiger partial charge in [-0.1, -0.05) is 6.07 Å². The van der Waals surface area contributed by atoms with E-state index in [9.17, 15) is 9.50 Å². The first-order valence-electron chi connectivity index (χ1n) is 4.65. The fourth-order valence-corrected chi connectivity index (χ4v) is 1.81. The van der Waals surface area contributed by atoms with Crippen LogP contribution in [-0.2, 0) is 0 Å². The van der Waals surface area contributed by atoms with Crippen LogP contribution in [0.2, 0.25) is 0 Å². The van der Waals surface area contributed by atoms with E-state index in [1.807, 2.05) is 0 Å². The van der Waals surface area contributed by atoms with E-state index in [4.69, 9.17) is 5.73 Å². The van der Waals surface area contributed by atoms with E-state index in [2.05, 4.69) is 0 Å². The highest BCUT2D eigenvalue weighted by Crippen LogP contribution is 2.29. The van der Waals surface area contributed by atoms with E-state index < -0.39 is 0 Å². The van der Waals surface area contributed by atoms with Gasteiger partial charge in [-0.2, -0.15) is 0 Å². The van der Waals surface area contributed by atoms with Gasteiger partial charge in [0.2, 0.25) is 0 Å². The highest BCUT2D eigenvalue weighted by atomic mass is 19.1. The number of nitrogens with zero attached hydrogens (tertiary/aromatic N) is 1. The number of aliphatic hydroxyl groups is 1. The Kier molecular flexibility index (Phi) is 2.29.